The third-order valence-electron chi connectivity index (χ3n) is 2.34. The van der Waals surface area contributed by atoms with Crippen molar-refractivity contribution in [3.05, 3.63) is 24.0 Å². The van der Waals surface area contributed by atoms with E-state index in [0.717, 1.165) is 0 Å². The highest BCUT2D eigenvalue weighted by atomic mass is 19.1. The molecule has 7 nitrogen and oxygen atoms in total. The van der Waals surface area contributed by atoms with Crippen molar-refractivity contribution in [3.63, 3.8) is 0 Å². The van der Waals surface area contributed by atoms with Crippen molar-refractivity contribution in [3.8, 4) is 11.8 Å². The number of amidine groups is 1. The minimum Gasteiger partial charge on any atom is -0.490 e. The van der Waals surface area contributed by atoms with Gasteiger partial charge in [-0.15, -0.1) is 0 Å². The summed E-state index contributed by atoms with van der Waals surface area (Å²) >= 11 is 0. The number of nitriles is 1. The van der Waals surface area contributed by atoms with Gasteiger partial charge in [0.1, 0.15) is 6.07 Å². The highest BCUT2D eigenvalue weighted by Crippen LogP contribution is 2.21. The number of rotatable bonds is 8. The molecule has 1 rings (SSSR count). The zero-order valence-corrected chi connectivity index (χ0v) is 11.5. The number of hydrazone groups is 1. The summed E-state index contributed by atoms with van der Waals surface area (Å²) in [5.74, 6) is -0.912. The van der Waals surface area contributed by atoms with Gasteiger partial charge in [-0.2, -0.15) is 10.4 Å². The molecule has 0 aliphatic carbocycles. The third-order valence-corrected chi connectivity index (χ3v) is 2.34. The molecular weight excluding hydrogens is 277 g/mol. The summed E-state index contributed by atoms with van der Waals surface area (Å²) in [5.41, 5.74) is 7.61. The van der Waals surface area contributed by atoms with Gasteiger partial charge in [0.2, 0.25) is 5.71 Å². The minimum absolute atomic E-state index is 0.118. The van der Waals surface area contributed by atoms with Gasteiger partial charge in [0, 0.05) is 26.2 Å². The normalized spacial score (nSPS) is 10.8. The van der Waals surface area contributed by atoms with Gasteiger partial charge in [0.05, 0.1) is 12.3 Å². The maximum absolute atomic E-state index is 13.7. The van der Waals surface area contributed by atoms with Crippen LogP contribution in [0.4, 0.5) is 10.1 Å². The molecule has 4 N–H and O–H groups in total. The lowest BCUT2D eigenvalue weighted by Crippen LogP contribution is -2.21. The number of methoxy groups -OCH3 is 1. The molecule has 0 amide bonds. The van der Waals surface area contributed by atoms with Crippen molar-refractivity contribution < 1.29 is 13.9 Å². The van der Waals surface area contributed by atoms with E-state index >= 15 is 0 Å². The Labute approximate surface area is 121 Å². The number of nitrogens with two attached hydrogens (primary N) is 1. The van der Waals surface area contributed by atoms with Gasteiger partial charge >= 0.3 is 0 Å². The lowest BCUT2D eigenvalue weighted by molar-refractivity contribution is 0.170. The predicted molar refractivity (Wildman–Crippen MR) is 77.0 cm³/mol. The highest BCUT2D eigenvalue weighted by molar-refractivity contribution is 6.45. The second-order valence-electron chi connectivity index (χ2n) is 3.94. The monoisotopic (exact) mass is 293 g/mol. The highest BCUT2D eigenvalue weighted by Gasteiger charge is 2.06. The van der Waals surface area contributed by atoms with Crippen LogP contribution in [-0.4, -0.2) is 31.9 Å². The third kappa shape index (κ3) is 5.46. The molecule has 21 heavy (non-hydrogen) atoms. The Bertz CT molecular complexity index is 568. The molecule has 0 aliphatic rings. The first-order chi connectivity index (χ1) is 10.1. The first kappa shape index (κ1) is 16.4. The summed E-state index contributed by atoms with van der Waals surface area (Å²) in [7, 11) is 1.58. The zero-order valence-electron chi connectivity index (χ0n) is 11.5. The number of halogens is 1. The van der Waals surface area contributed by atoms with E-state index in [1.807, 2.05) is 0 Å². The number of nitrogens with zero attached hydrogens (tertiary/aromatic N) is 2. The molecule has 0 atom stereocenters. The molecule has 0 radical (unpaired) electrons. The molecule has 112 valence electrons. The number of ether oxygens (including phenoxy) is 2. The van der Waals surface area contributed by atoms with Crippen molar-refractivity contribution >= 4 is 17.2 Å². The minimum atomic E-state index is -0.561. The average molecular weight is 293 g/mol. The van der Waals surface area contributed by atoms with Gasteiger partial charge in [-0.3, -0.25) is 10.8 Å². The van der Waals surface area contributed by atoms with Crippen LogP contribution in [0.15, 0.2) is 23.3 Å². The van der Waals surface area contributed by atoms with Crippen LogP contribution in [-0.2, 0) is 4.74 Å². The Morgan fingerprint density at radius 2 is 2.29 bits per heavy atom. The van der Waals surface area contributed by atoms with Gasteiger partial charge in [0.25, 0.3) is 0 Å². The quantitative estimate of drug-likeness (QED) is 0.290. The molecular formula is C13H16FN5O2. The summed E-state index contributed by atoms with van der Waals surface area (Å²) in [6.45, 7) is 0.885. The molecule has 0 aliphatic heterocycles. The zero-order chi connectivity index (χ0) is 15.7. The van der Waals surface area contributed by atoms with Gasteiger partial charge in [-0.1, -0.05) is 0 Å². The van der Waals surface area contributed by atoms with E-state index in [2.05, 4.69) is 10.5 Å². The summed E-state index contributed by atoms with van der Waals surface area (Å²) in [4.78, 5) is 0. The summed E-state index contributed by atoms with van der Waals surface area (Å²) in [6.07, 6.45) is 0.657. The van der Waals surface area contributed by atoms with E-state index in [1.165, 1.54) is 18.2 Å². The van der Waals surface area contributed by atoms with Crippen LogP contribution in [0.2, 0.25) is 0 Å². The Kier molecular flexibility index (Phi) is 6.63. The lowest BCUT2D eigenvalue weighted by atomic mass is 10.3. The maximum atomic E-state index is 13.7. The SMILES string of the molecule is COCCCOc1ccc(N/N=C(\C#N)C(=N)N)cc1F. The van der Waals surface area contributed by atoms with Gasteiger partial charge in [-0.25, -0.2) is 4.39 Å². The molecule has 0 saturated heterocycles. The smallest absolute Gasteiger partial charge is 0.201 e. The summed E-state index contributed by atoms with van der Waals surface area (Å²) in [5, 5.41) is 19.4. The molecule has 0 bridgehead atoms. The first-order valence-corrected chi connectivity index (χ1v) is 6.08. The van der Waals surface area contributed by atoms with Crippen molar-refractivity contribution in [1.82, 2.24) is 0 Å². The second-order valence-corrected chi connectivity index (χ2v) is 3.94. The molecule has 0 saturated carbocycles. The van der Waals surface area contributed by atoms with Crippen LogP contribution in [0.5, 0.6) is 5.75 Å². The van der Waals surface area contributed by atoms with Crippen molar-refractivity contribution in [2.24, 2.45) is 10.8 Å². The second kappa shape index (κ2) is 8.50. The molecule has 0 fully saturated rings. The fraction of sp³-hybridized carbons (Fsp3) is 0.308. The number of nitrogens with one attached hydrogen (secondary N) is 2. The van der Waals surface area contributed by atoms with E-state index < -0.39 is 11.7 Å². The standard InChI is InChI=1S/C13H16FN5O2/c1-20-5-2-6-21-12-4-3-9(7-10(12)14)18-19-11(8-15)13(16)17/h3-4,7,18H,2,5-6H2,1H3,(H3,16,17)/b19-11+. The molecule has 0 aromatic heterocycles. The number of anilines is 1. The number of hydrogen-bond acceptors (Lipinski definition) is 6. The molecule has 1 aromatic rings. The van der Waals surface area contributed by atoms with Crippen molar-refractivity contribution in [1.29, 1.82) is 10.7 Å². The molecule has 0 spiro atoms. The van der Waals surface area contributed by atoms with Crippen LogP contribution in [0.3, 0.4) is 0 Å². The van der Waals surface area contributed by atoms with Crippen LogP contribution in [0, 0.1) is 22.6 Å². The van der Waals surface area contributed by atoms with E-state index in [4.69, 9.17) is 25.9 Å². The fourth-order valence-corrected chi connectivity index (χ4v) is 1.34. The molecule has 0 unspecified atom stereocenters. The topological polar surface area (TPSA) is 117 Å². The Balaban J connectivity index is 2.66. The molecule has 8 heteroatoms. The van der Waals surface area contributed by atoms with Crippen LogP contribution in [0.25, 0.3) is 0 Å². The number of hydrogen-bond donors (Lipinski definition) is 3. The Hall–Kier alpha value is -2.66. The molecule has 1 aromatic carbocycles. The van der Waals surface area contributed by atoms with Crippen LogP contribution < -0.4 is 15.9 Å². The van der Waals surface area contributed by atoms with E-state index in [1.54, 1.807) is 13.2 Å². The Morgan fingerprint density at radius 3 is 2.86 bits per heavy atom. The largest absolute Gasteiger partial charge is 0.490 e. The number of benzene rings is 1. The van der Waals surface area contributed by atoms with Crippen molar-refractivity contribution in [2.75, 3.05) is 25.7 Å². The van der Waals surface area contributed by atoms with E-state index in [-0.39, 0.29) is 11.5 Å². The lowest BCUT2D eigenvalue weighted by Gasteiger charge is -2.08. The van der Waals surface area contributed by atoms with Crippen LogP contribution >= 0.6 is 0 Å². The van der Waals surface area contributed by atoms with Crippen molar-refractivity contribution in [2.45, 2.75) is 6.42 Å². The first-order valence-electron chi connectivity index (χ1n) is 6.08. The Morgan fingerprint density at radius 1 is 1.52 bits per heavy atom. The van der Waals surface area contributed by atoms with Gasteiger partial charge in [-0.05, 0) is 12.1 Å². The predicted octanol–water partition coefficient (Wildman–Crippen LogP) is 1.47. The fourth-order valence-electron chi connectivity index (χ4n) is 1.34. The van der Waals surface area contributed by atoms with E-state index in [9.17, 15) is 4.39 Å². The maximum Gasteiger partial charge on any atom is 0.201 e. The average Bonchev–Trinajstić information content (AvgIpc) is 2.45. The molecule has 0 heterocycles. The summed E-state index contributed by atoms with van der Waals surface area (Å²) < 4.78 is 23.9. The summed E-state index contributed by atoms with van der Waals surface area (Å²) in [6, 6.07) is 5.80. The van der Waals surface area contributed by atoms with Crippen LogP contribution in [0.1, 0.15) is 6.42 Å². The van der Waals surface area contributed by atoms with Gasteiger partial charge in [0.15, 0.2) is 17.4 Å². The van der Waals surface area contributed by atoms with E-state index in [0.29, 0.717) is 25.3 Å². The van der Waals surface area contributed by atoms with Gasteiger partial charge < -0.3 is 15.2 Å².